The van der Waals surface area contributed by atoms with Crippen LogP contribution in [0.4, 0.5) is 0 Å². The van der Waals surface area contributed by atoms with Gasteiger partial charge in [0.1, 0.15) is 5.75 Å². The van der Waals surface area contributed by atoms with Gasteiger partial charge < -0.3 is 15.2 Å². The molecule has 0 atom stereocenters. The van der Waals surface area contributed by atoms with Gasteiger partial charge in [0.15, 0.2) is 0 Å². The van der Waals surface area contributed by atoms with E-state index in [9.17, 15) is 5.11 Å². The SMILES string of the molecule is COc1ccc2cc(CNC3CC(O)C3)ccc2c1. The van der Waals surface area contributed by atoms with Gasteiger partial charge in [-0.1, -0.05) is 18.2 Å². The van der Waals surface area contributed by atoms with Gasteiger partial charge >= 0.3 is 0 Å². The van der Waals surface area contributed by atoms with Crippen LogP contribution in [0, 0.1) is 0 Å². The Balaban J connectivity index is 1.70. The van der Waals surface area contributed by atoms with Gasteiger partial charge in [-0.2, -0.15) is 0 Å². The van der Waals surface area contributed by atoms with E-state index in [1.807, 2.05) is 6.07 Å². The van der Waals surface area contributed by atoms with Crippen LogP contribution < -0.4 is 10.1 Å². The van der Waals surface area contributed by atoms with Gasteiger partial charge in [0.05, 0.1) is 13.2 Å². The van der Waals surface area contributed by atoms with E-state index in [2.05, 4.69) is 35.6 Å². The van der Waals surface area contributed by atoms with Crippen molar-refractivity contribution in [3.05, 3.63) is 42.0 Å². The largest absolute Gasteiger partial charge is 0.497 e. The fourth-order valence-electron chi connectivity index (χ4n) is 2.53. The Morgan fingerprint density at radius 2 is 1.89 bits per heavy atom. The van der Waals surface area contributed by atoms with Crippen LogP contribution in [0.2, 0.25) is 0 Å². The lowest BCUT2D eigenvalue weighted by atomic mass is 9.89. The molecule has 1 aliphatic rings. The summed E-state index contributed by atoms with van der Waals surface area (Å²) >= 11 is 0. The first-order valence-corrected chi connectivity index (χ1v) is 6.73. The van der Waals surface area contributed by atoms with Gasteiger partial charge in [-0.15, -0.1) is 0 Å². The van der Waals surface area contributed by atoms with Crippen molar-refractivity contribution < 1.29 is 9.84 Å². The number of hydrogen-bond donors (Lipinski definition) is 2. The molecule has 2 N–H and O–H groups in total. The summed E-state index contributed by atoms with van der Waals surface area (Å²) in [5.74, 6) is 0.891. The van der Waals surface area contributed by atoms with Crippen molar-refractivity contribution >= 4 is 10.8 Å². The number of fused-ring (bicyclic) bond motifs is 1. The monoisotopic (exact) mass is 257 g/mol. The number of nitrogens with one attached hydrogen (secondary N) is 1. The maximum absolute atomic E-state index is 9.25. The Hall–Kier alpha value is -1.58. The molecule has 3 nitrogen and oxygen atoms in total. The quantitative estimate of drug-likeness (QED) is 0.884. The van der Waals surface area contributed by atoms with Crippen molar-refractivity contribution in [1.82, 2.24) is 5.32 Å². The lowest BCUT2D eigenvalue weighted by Gasteiger charge is -2.32. The van der Waals surface area contributed by atoms with Crippen LogP contribution in [0.1, 0.15) is 18.4 Å². The minimum atomic E-state index is -0.0958. The highest BCUT2D eigenvalue weighted by molar-refractivity contribution is 5.84. The summed E-state index contributed by atoms with van der Waals surface area (Å²) in [6.45, 7) is 0.860. The van der Waals surface area contributed by atoms with E-state index in [1.54, 1.807) is 7.11 Å². The van der Waals surface area contributed by atoms with Crippen molar-refractivity contribution in [2.24, 2.45) is 0 Å². The maximum Gasteiger partial charge on any atom is 0.119 e. The number of aliphatic hydroxyl groups is 1. The first kappa shape index (κ1) is 12.5. The number of rotatable bonds is 4. The van der Waals surface area contributed by atoms with Crippen LogP contribution in [0.25, 0.3) is 10.8 Å². The summed E-state index contributed by atoms with van der Waals surface area (Å²) in [5.41, 5.74) is 1.28. The van der Waals surface area contributed by atoms with E-state index in [0.29, 0.717) is 6.04 Å². The second-order valence-corrected chi connectivity index (χ2v) is 5.25. The van der Waals surface area contributed by atoms with Crippen LogP contribution in [0.15, 0.2) is 36.4 Å². The van der Waals surface area contributed by atoms with Crippen LogP contribution in [0.3, 0.4) is 0 Å². The molecule has 0 unspecified atom stereocenters. The summed E-state index contributed by atoms with van der Waals surface area (Å²) in [6.07, 6.45) is 1.66. The molecule has 1 aliphatic carbocycles. The molecule has 3 heteroatoms. The summed E-state index contributed by atoms with van der Waals surface area (Å²) in [4.78, 5) is 0. The van der Waals surface area contributed by atoms with E-state index in [1.165, 1.54) is 16.3 Å². The second kappa shape index (κ2) is 5.19. The van der Waals surface area contributed by atoms with Gasteiger partial charge in [0.2, 0.25) is 0 Å². The predicted molar refractivity (Wildman–Crippen MR) is 76.4 cm³/mol. The first-order chi connectivity index (χ1) is 9.24. The zero-order valence-corrected chi connectivity index (χ0v) is 11.1. The third-order valence-electron chi connectivity index (χ3n) is 3.82. The molecule has 0 spiro atoms. The van der Waals surface area contributed by atoms with Gasteiger partial charge in [-0.05, 0) is 47.4 Å². The van der Waals surface area contributed by atoms with E-state index in [4.69, 9.17) is 4.74 Å². The topological polar surface area (TPSA) is 41.5 Å². The fourth-order valence-corrected chi connectivity index (χ4v) is 2.53. The Morgan fingerprint density at radius 3 is 2.63 bits per heavy atom. The summed E-state index contributed by atoms with van der Waals surface area (Å²) < 4.78 is 5.23. The van der Waals surface area contributed by atoms with E-state index in [0.717, 1.165) is 25.1 Å². The van der Waals surface area contributed by atoms with Crippen molar-refractivity contribution in [1.29, 1.82) is 0 Å². The molecule has 100 valence electrons. The molecule has 19 heavy (non-hydrogen) atoms. The molecular formula is C16H19NO2. The summed E-state index contributed by atoms with van der Waals surface area (Å²) in [7, 11) is 1.69. The van der Waals surface area contributed by atoms with Crippen molar-refractivity contribution in [3.8, 4) is 5.75 Å². The smallest absolute Gasteiger partial charge is 0.119 e. The normalized spacial score (nSPS) is 22.2. The Kier molecular flexibility index (Phi) is 3.40. The molecule has 3 rings (SSSR count). The van der Waals surface area contributed by atoms with Gasteiger partial charge in [0, 0.05) is 12.6 Å². The van der Waals surface area contributed by atoms with E-state index in [-0.39, 0.29) is 6.10 Å². The zero-order chi connectivity index (χ0) is 13.2. The van der Waals surface area contributed by atoms with Crippen LogP contribution >= 0.6 is 0 Å². The molecule has 0 aliphatic heterocycles. The number of methoxy groups -OCH3 is 1. The highest BCUT2D eigenvalue weighted by Crippen LogP contribution is 2.23. The molecular weight excluding hydrogens is 238 g/mol. The summed E-state index contributed by atoms with van der Waals surface area (Å²) in [5, 5.41) is 15.1. The van der Waals surface area contributed by atoms with Crippen molar-refractivity contribution in [2.75, 3.05) is 7.11 Å². The maximum atomic E-state index is 9.25. The molecule has 0 amide bonds. The van der Waals surface area contributed by atoms with Crippen molar-refractivity contribution in [3.63, 3.8) is 0 Å². The Labute approximate surface area is 113 Å². The Bertz CT molecular complexity index is 576. The molecule has 1 saturated carbocycles. The van der Waals surface area contributed by atoms with E-state index < -0.39 is 0 Å². The highest BCUT2D eigenvalue weighted by Gasteiger charge is 2.26. The number of aliphatic hydroxyl groups excluding tert-OH is 1. The average Bonchev–Trinajstić information content (AvgIpc) is 2.41. The molecule has 0 saturated heterocycles. The van der Waals surface area contributed by atoms with Gasteiger partial charge in [-0.25, -0.2) is 0 Å². The summed E-state index contributed by atoms with van der Waals surface area (Å²) in [6, 6.07) is 13.1. The predicted octanol–water partition coefficient (Wildman–Crippen LogP) is 2.46. The molecule has 0 radical (unpaired) electrons. The minimum absolute atomic E-state index is 0.0958. The van der Waals surface area contributed by atoms with Gasteiger partial charge in [0.25, 0.3) is 0 Å². The third kappa shape index (κ3) is 2.72. The Morgan fingerprint density at radius 1 is 1.16 bits per heavy atom. The average molecular weight is 257 g/mol. The molecule has 2 aromatic carbocycles. The molecule has 1 fully saturated rings. The van der Waals surface area contributed by atoms with Crippen LogP contribution in [-0.4, -0.2) is 24.4 Å². The number of hydrogen-bond acceptors (Lipinski definition) is 3. The molecule has 0 heterocycles. The second-order valence-electron chi connectivity index (χ2n) is 5.25. The minimum Gasteiger partial charge on any atom is -0.497 e. The van der Waals surface area contributed by atoms with E-state index >= 15 is 0 Å². The zero-order valence-electron chi connectivity index (χ0n) is 11.1. The van der Waals surface area contributed by atoms with Crippen LogP contribution in [-0.2, 0) is 6.54 Å². The fraction of sp³-hybridized carbons (Fsp3) is 0.375. The third-order valence-corrected chi connectivity index (χ3v) is 3.82. The molecule has 2 aromatic rings. The van der Waals surface area contributed by atoms with Gasteiger partial charge in [-0.3, -0.25) is 0 Å². The first-order valence-electron chi connectivity index (χ1n) is 6.73. The lowest BCUT2D eigenvalue weighted by Crippen LogP contribution is -2.43. The number of ether oxygens (including phenoxy) is 1. The molecule has 0 bridgehead atoms. The van der Waals surface area contributed by atoms with Crippen molar-refractivity contribution in [2.45, 2.75) is 31.5 Å². The number of benzene rings is 2. The lowest BCUT2D eigenvalue weighted by molar-refractivity contribution is 0.0619. The standard InChI is InChI=1S/C16H19NO2/c1-19-16-5-4-12-6-11(2-3-13(12)7-16)10-17-14-8-15(18)9-14/h2-7,14-15,17-18H,8-10H2,1H3. The highest BCUT2D eigenvalue weighted by atomic mass is 16.5. The van der Waals surface area contributed by atoms with Crippen LogP contribution in [0.5, 0.6) is 5.75 Å². The molecule has 0 aromatic heterocycles.